The first kappa shape index (κ1) is 11.3. The molecule has 1 aromatic carbocycles. The summed E-state index contributed by atoms with van der Waals surface area (Å²) in [5, 5.41) is 0. The molecule has 1 saturated heterocycles. The Morgan fingerprint density at radius 3 is 2.06 bits per heavy atom. The number of methoxy groups -OCH3 is 2. The lowest BCUT2D eigenvalue weighted by molar-refractivity contribution is 0.328. The van der Waals surface area contributed by atoms with Gasteiger partial charge in [0.1, 0.15) is 11.5 Å². The van der Waals surface area contributed by atoms with Crippen molar-refractivity contribution in [2.75, 3.05) is 27.3 Å². The summed E-state index contributed by atoms with van der Waals surface area (Å²) in [6, 6.07) is 6.08. The van der Waals surface area contributed by atoms with Crippen LogP contribution < -0.4 is 9.47 Å². The number of nitrogens with zero attached hydrogens (tertiary/aromatic N) is 1. The van der Waals surface area contributed by atoms with E-state index < -0.39 is 0 Å². The second-order valence-corrected chi connectivity index (χ2v) is 4.20. The molecule has 0 spiro atoms. The average Bonchev–Trinajstić information content (AvgIpc) is 2.81. The van der Waals surface area contributed by atoms with Crippen LogP contribution in [0.5, 0.6) is 11.5 Å². The molecule has 0 aromatic heterocycles. The molecule has 3 heteroatoms. The third-order valence-corrected chi connectivity index (χ3v) is 3.02. The molecule has 0 N–H and O–H groups in total. The second kappa shape index (κ2) is 5.21. The molecular formula is C13H19NO2. The fraction of sp³-hybridized carbons (Fsp3) is 0.538. The zero-order chi connectivity index (χ0) is 11.4. The van der Waals surface area contributed by atoms with Gasteiger partial charge in [0.15, 0.2) is 0 Å². The predicted octanol–water partition coefficient (Wildman–Crippen LogP) is 2.30. The summed E-state index contributed by atoms with van der Waals surface area (Å²) < 4.78 is 10.5. The Balaban J connectivity index is 2.12. The molecule has 16 heavy (non-hydrogen) atoms. The van der Waals surface area contributed by atoms with E-state index in [0.717, 1.165) is 18.0 Å². The van der Waals surface area contributed by atoms with E-state index in [4.69, 9.17) is 9.47 Å². The molecule has 1 aromatic rings. The molecule has 0 amide bonds. The first-order valence-corrected chi connectivity index (χ1v) is 5.76. The van der Waals surface area contributed by atoms with Crippen molar-refractivity contribution in [1.29, 1.82) is 0 Å². The van der Waals surface area contributed by atoms with Crippen LogP contribution in [0, 0.1) is 0 Å². The van der Waals surface area contributed by atoms with E-state index in [1.165, 1.54) is 31.5 Å². The number of hydrogen-bond acceptors (Lipinski definition) is 3. The van der Waals surface area contributed by atoms with Crippen molar-refractivity contribution in [1.82, 2.24) is 4.90 Å². The normalized spacial score (nSPS) is 16.4. The summed E-state index contributed by atoms with van der Waals surface area (Å²) in [6.07, 6.45) is 2.64. The second-order valence-electron chi connectivity index (χ2n) is 4.20. The van der Waals surface area contributed by atoms with Crippen molar-refractivity contribution < 1.29 is 9.47 Å². The largest absolute Gasteiger partial charge is 0.497 e. The van der Waals surface area contributed by atoms with Crippen molar-refractivity contribution in [2.24, 2.45) is 0 Å². The summed E-state index contributed by atoms with van der Waals surface area (Å²) in [5.41, 5.74) is 1.26. The van der Waals surface area contributed by atoms with Gasteiger partial charge in [-0.25, -0.2) is 0 Å². The zero-order valence-electron chi connectivity index (χ0n) is 10.0. The van der Waals surface area contributed by atoms with E-state index in [0.29, 0.717) is 0 Å². The number of hydrogen-bond donors (Lipinski definition) is 0. The molecule has 1 aliphatic rings. The van der Waals surface area contributed by atoms with E-state index in [2.05, 4.69) is 17.0 Å². The summed E-state index contributed by atoms with van der Waals surface area (Å²) in [6.45, 7) is 3.41. The van der Waals surface area contributed by atoms with E-state index in [-0.39, 0.29) is 0 Å². The highest BCUT2D eigenvalue weighted by molar-refractivity contribution is 5.38. The van der Waals surface area contributed by atoms with Gasteiger partial charge in [0, 0.05) is 12.6 Å². The van der Waals surface area contributed by atoms with Crippen LogP contribution in [0.1, 0.15) is 18.4 Å². The van der Waals surface area contributed by atoms with Gasteiger partial charge < -0.3 is 9.47 Å². The van der Waals surface area contributed by atoms with Gasteiger partial charge in [-0.3, -0.25) is 4.90 Å². The molecule has 0 atom stereocenters. The molecule has 0 aliphatic carbocycles. The van der Waals surface area contributed by atoms with E-state index >= 15 is 0 Å². The molecule has 0 radical (unpaired) electrons. The van der Waals surface area contributed by atoms with E-state index in [1.807, 2.05) is 6.07 Å². The highest BCUT2D eigenvalue weighted by Gasteiger charge is 2.12. The van der Waals surface area contributed by atoms with Crippen molar-refractivity contribution in [3.8, 4) is 11.5 Å². The number of likely N-dealkylation sites (tertiary alicyclic amines) is 1. The maximum atomic E-state index is 5.26. The van der Waals surface area contributed by atoms with Crippen LogP contribution in [-0.4, -0.2) is 32.2 Å². The zero-order valence-corrected chi connectivity index (χ0v) is 10.0. The van der Waals surface area contributed by atoms with Crippen molar-refractivity contribution >= 4 is 0 Å². The van der Waals surface area contributed by atoms with E-state index in [9.17, 15) is 0 Å². The monoisotopic (exact) mass is 221 g/mol. The third-order valence-electron chi connectivity index (χ3n) is 3.02. The first-order chi connectivity index (χ1) is 7.81. The van der Waals surface area contributed by atoms with Crippen molar-refractivity contribution in [3.63, 3.8) is 0 Å². The first-order valence-electron chi connectivity index (χ1n) is 5.76. The number of ether oxygens (including phenoxy) is 2. The van der Waals surface area contributed by atoms with Crippen LogP contribution in [0.25, 0.3) is 0 Å². The summed E-state index contributed by atoms with van der Waals surface area (Å²) in [4.78, 5) is 2.47. The fourth-order valence-corrected chi connectivity index (χ4v) is 2.16. The SMILES string of the molecule is COc1cc(CN2CCCC2)cc(OC)c1. The molecule has 88 valence electrons. The van der Waals surface area contributed by atoms with Gasteiger partial charge in [0.05, 0.1) is 14.2 Å². The maximum Gasteiger partial charge on any atom is 0.122 e. The van der Waals surface area contributed by atoms with E-state index in [1.54, 1.807) is 14.2 Å². The average molecular weight is 221 g/mol. The molecule has 0 saturated carbocycles. The van der Waals surface area contributed by atoms with Gasteiger partial charge in [-0.05, 0) is 43.6 Å². The Morgan fingerprint density at radius 1 is 1.00 bits per heavy atom. The Hall–Kier alpha value is -1.22. The van der Waals surface area contributed by atoms with Crippen LogP contribution in [-0.2, 0) is 6.54 Å². The van der Waals surface area contributed by atoms with Crippen LogP contribution >= 0.6 is 0 Å². The van der Waals surface area contributed by atoms with Gasteiger partial charge in [0.25, 0.3) is 0 Å². The van der Waals surface area contributed by atoms with Crippen LogP contribution in [0.15, 0.2) is 18.2 Å². The summed E-state index contributed by atoms with van der Waals surface area (Å²) >= 11 is 0. The minimum absolute atomic E-state index is 0.869. The number of rotatable bonds is 4. The van der Waals surface area contributed by atoms with Gasteiger partial charge in [0.2, 0.25) is 0 Å². The van der Waals surface area contributed by atoms with Crippen LogP contribution in [0.4, 0.5) is 0 Å². The Kier molecular flexibility index (Phi) is 3.67. The van der Waals surface area contributed by atoms with Crippen molar-refractivity contribution in [3.05, 3.63) is 23.8 Å². The lowest BCUT2D eigenvalue weighted by Gasteiger charge is -2.16. The number of benzene rings is 1. The summed E-state index contributed by atoms with van der Waals surface area (Å²) in [5.74, 6) is 1.74. The van der Waals surface area contributed by atoms with Crippen molar-refractivity contribution in [2.45, 2.75) is 19.4 Å². The minimum atomic E-state index is 0.869. The molecule has 0 unspecified atom stereocenters. The molecule has 2 rings (SSSR count). The Labute approximate surface area is 97.0 Å². The standard InChI is InChI=1S/C13H19NO2/c1-15-12-7-11(8-13(9-12)16-2)10-14-5-3-4-6-14/h7-9H,3-6,10H2,1-2H3. The van der Waals surface area contributed by atoms with Gasteiger partial charge in [-0.2, -0.15) is 0 Å². The van der Waals surface area contributed by atoms with Gasteiger partial charge in [-0.15, -0.1) is 0 Å². The molecule has 0 bridgehead atoms. The predicted molar refractivity (Wildman–Crippen MR) is 64.1 cm³/mol. The van der Waals surface area contributed by atoms with Gasteiger partial charge >= 0.3 is 0 Å². The molecule has 1 aliphatic heterocycles. The summed E-state index contributed by atoms with van der Waals surface area (Å²) in [7, 11) is 3.38. The Morgan fingerprint density at radius 2 is 1.56 bits per heavy atom. The lowest BCUT2D eigenvalue weighted by atomic mass is 10.2. The third kappa shape index (κ3) is 2.67. The van der Waals surface area contributed by atoms with Crippen LogP contribution in [0.2, 0.25) is 0 Å². The highest BCUT2D eigenvalue weighted by Crippen LogP contribution is 2.24. The lowest BCUT2D eigenvalue weighted by Crippen LogP contribution is -2.18. The fourth-order valence-electron chi connectivity index (χ4n) is 2.16. The minimum Gasteiger partial charge on any atom is -0.497 e. The highest BCUT2D eigenvalue weighted by atomic mass is 16.5. The molecule has 1 fully saturated rings. The molecule has 3 nitrogen and oxygen atoms in total. The van der Waals surface area contributed by atoms with Crippen LogP contribution in [0.3, 0.4) is 0 Å². The quantitative estimate of drug-likeness (QED) is 0.778. The van der Waals surface area contributed by atoms with Gasteiger partial charge in [-0.1, -0.05) is 0 Å². The smallest absolute Gasteiger partial charge is 0.122 e. The Bertz CT molecular complexity index is 324. The molecular weight excluding hydrogens is 202 g/mol. The maximum absolute atomic E-state index is 5.26. The topological polar surface area (TPSA) is 21.7 Å². The molecule has 1 heterocycles.